The number of nitriles is 1. The van der Waals surface area contributed by atoms with Crippen molar-refractivity contribution in [3.63, 3.8) is 0 Å². The van der Waals surface area contributed by atoms with Gasteiger partial charge in [0, 0.05) is 19.6 Å². The highest BCUT2D eigenvalue weighted by molar-refractivity contribution is 4.67. The van der Waals surface area contributed by atoms with Crippen LogP contribution in [0.15, 0.2) is 0 Å². The Hall–Kier alpha value is -0.670. The molecule has 0 rings (SSSR count). The molecule has 112 valence electrons. The predicted molar refractivity (Wildman–Crippen MR) is 73.0 cm³/mol. The normalized spacial score (nSPS) is 10.5. The van der Waals surface area contributed by atoms with Gasteiger partial charge in [-0.25, -0.2) is 0 Å². The fourth-order valence-corrected chi connectivity index (χ4v) is 1.26. The molecule has 0 atom stereocenters. The highest BCUT2D eigenvalue weighted by atomic mass is 16.6. The van der Waals surface area contributed by atoms with E-state index in [0.29, 0.717) is 52.7 Å². The lowest BCUT2D eigenvalue weighted by Crippen LogP contribution is -2.12. The lowest BCUT2D eigenvalue weighted by molar-refractivity contribution is -0.00215. The Morgan fingerprint density at radius 3 is 1.53 bits per heavy atom. The van der Waals surface area contributed by atoms with Crippen molar-refractivity contribution in [2.45, 2.75) is 32.6 Å². The maximum Gasteiger partial charge on any atom is 0.0701 e. The lowest BCUT2D eigenvalue weighted by Gasteiger charge is -2.07. The third-order valence-electron chi connectivity index (χ3n) is 2.34. The maximum absolute atomic E-state index is 8.32. The summed E-state index contributed by atoms with van der Waals surface area (Å²) in [7, 11) is 0. The lowest BCUT2D eigenvalue weighted by atomic mass is 10.3. The van der Waals surface area contributed by atoms with Crippen molar-refractivity contribution in [3.05, 3.63) is 0 Å². The second kappa shape index (κ2) is 17.3. The van der Waals surface area contributed by atoms with Crippen LogP contribution in [0.5, 0.6) is 0 Å². The topological polar surface area (TPSA) is 60.7 Å². The molecular formula is C14H27NO4. The molecule has 19 heavy (non-hydrogen) atoms. The van der Waals surface area contributed by atoms with Crippen LogP contribution >= 0.6 is 0 Å². The van der Waals surface area contributed by atoms with Gasteiger partial charge in [-0.3, -0.25) is 0 Å². The van der Waals surface area contributed by atoms with Crippen molar-refractivity contribution >= 4 is 0 Å². The van der Waals surface area contributed by atoms with Crippen molar-refractivity contribution in [2.24, 2.45) is 0 Å². The average molecular weight is 273 g/mol. The summed E-state index contributed by atoms with van der Waals surface area (Å²) in [5, 5.41) is 8.32. The van der Waals surface area contributed by atoms with E-state index in [1.165, 1.54) is 0 Å². The van der Waals surface area contributed by atoms with Gasteiger partial charge in [0.15, 0.2) is 0 Å². The minimum atomic E-state index is 0.551. The highest BCUT2D eigenvalue weighted by Gasteiger charge is 1.92. The Morgan fingerprint density at radius 1 is 0.684 bits per heavy atom. The molecule has 0 saturated heterocycles. The Morgan fingerprint density at radius 2 is 1.11 bits per heavy atom. The average Bonchev–Trinajstić information content (AvgIpc) is 2.43. The summed E-state index contributed by atoms with van der Waals surface area (Å²) in [5.74, 6) is 0. The summed E-state index contributed by atoms with van der Waals surface area (Å²) < 4.78 is 21.3. The Labute approximate surface area is 116 Å². The summed E-state index contributed by atoms with van der Waals surface area (Å²) in [5.41, 5.74) is 0. The molecule has 5 heteroatoms. The number of rotatable bonds is 15. The van der Waals surface area contributed by atoms with Crippen molar-refractivity contribution in [2.75, 3.05) is 52.9 Å². The molecule has 0 N–H and O–H groups in total. The zero-order valence-corrected chi connectivity index (χ0v) is 12.1. The molecule has 5 nitrogen and oxygen atoms in total. The van der Waals surface area contributed by atoms with Gasteiger partial charge in [-0.05, 0) is 12.8 Å². The van der Waals surface area contributed by atoms with Crippen LogP contribution in [0, 0.1) is 11.3 Å². The molecule has 0 aromatic carbocycles. The van der Waals surface area contributed by atoms with Crippen LogP contribution in [0.3, 0.4) is 0 Å². The molecule has 0 amide bonds. The van der Waals surface area contributed by atoms with Gasteiger partial charge in [0.25, 0.3) is 0 Å². The first kappa shape index (κ1) is 18.3. The molecule has 0 aliphatic heterocycles. The molecular weight excluding hydrogens is 246 g/mol. The zero-order chi connectivity index (χ0) is 14.0. The molecule has 0 unspecified atom stereocenters. The molecule has 0 aromatic rings. The molecule has 0 saturated carbocycles. The number of hydrogen-bond acceptors (Lipinski definition) is 5. The van der Waals surface area contributed by atoms with Gasteiger partial charge >= 0.3 is 0 Å². The number of unbranched alkanes of at least 4 members (excludes halogenated alkanes) is 2. The molecule has 0 heterocycles. The molecule has 0 radical (unpaired) electrons. The fourth-order valence-electron chi connectivity index (χ4n) is 1.26. The van der Waals surface area contributed by atoms with Gasteiger partial charge in [-0.1, -0.05) is 13.3 Å². The Bertz CT molecular complexity index is 206. The van der Waals surface area contributed by atoms with Crippen molar-refractivity contribution in [1.82, 2.24) is 0 Å². The van der Waals surface area contributed by atoms with Gasteiger partial charge in [0.05, 0.1) is 45.7 Å². The van der Waals surface area contributed by atoms with E-state index in [9.17, 15) is 0 Å². The number of ether oxygens (including phenoxy) is 4. The first-order valence-electron chi connectivity index (χ1n) is 7.09. The van der Waals surface area contributed by atoms with E-state index >= 15 is 0 Å². The van der Waals surface area contributed by atoms with E-state index in [-0.39, 0.29) is 0 Å². The van der Waals surface area contributed by atoms with Crippen molar-refractivity contribution < 1.29 is 18.9 Å². The van der Waals surface area contributed by atoms with Gasteiger partial charge in [-0.15, -0.1) is 0 Å². The Kier molecular flexibility index (Phi) is 16.7. The molecule has 0 aromatic heterocycles. The highest BCUT2D eigenvalue weighted by Crippen LogP contribution is 1.89. The SMILES string of the molecule is CCCCOCCOCCOCCOCCCC#N. The molecule has 0 aliphatic rings. The van der Waals surface area contributed by atoms with E-state index < -0.39 is 0 Å². The summed E-state index contributed by atoms with van der Waals surface area (Å²) in [6.45, 7) is 7.18. The smallest absolute Gasteiger partial charge is 0.0701 e. The van der Waals surface area contributed by atoms with E-state index in [0.717, 1.165) is 25.9 Å². The van der Waals surface area contributed by atoms with Crippen LogP contribution < -0.4 is 0 Å². The first-order chi connectivity index (χ1) is 9.41. The minimum absolute atomic E-state index is 0.551. The summed E-state index contributed by atoms with van der Waals surface area (Å²) in [4.78, 5) is 0. The van der Waals surface area contributed by atoms with Crippen LogP contribution in [0.1, 0.15) is 32.6 Å². The second-order valence-corrected chi connectivity index (χ2v) is 4.06. The van der Waals surface area contributed by atoms with Gasteiger partial charge < -0.3 is 18.9 Å². The first-order valence-corrected chi connectivity index (χ1v) is 7.09. The Balaban J connectivity index is 2.90. The van der Waals surface area contributed by atoms with E-state index in [1.807, 2.05) is 0 Å². The van der Waals surface area contributed by atoms with Crippen LogP contribution in [0.25, 0.3) is 0 Å². The third kappa shape index (κ3) is 17.3. The van der Waals surface area contributed by atoms with E-state index in [4.69, 9.17) is 24.2 Å². The zero-order valence-electron chi connectivity index (χ0n) is 12.1. The van der Waals surface area contributed by atoms with Crippen LogP contribution in [0.4, 0.5) is 0 Å². The van der Waals surface area contributed by atoms with Gasteiger partial charge in [0.1, 0.15) is 0 Å². The van der Waals surface area contributed by atoms with E-state index in [2.05, 4.69) is 13.0 Å². The van der Waals surface area contributed by atoms with Crippen molar-refractivity contribution in [1.29, 1.82) is 5.26 Å². The van der Waals surface area contributed by atoms with Crippen LogP contribution in [-0.2, 0) is 18.9 Å². The molecule has 0 aliphatic carbocycles. The monoisotopic (exact) mass is 273 g/mol. The second-order valence-electron chi connectivity index (χ2n) is 4.06. The fraction of sp³-hybridized carbons (Fsp3) is 0.929. The number of nitrogens with zero attached hydrogens (tertiary/aromatic N) is 1. The van der Waals surface area contributed by atoms with Crippen LogP contribution in [0.2, 0.25) is 0 Å². The predicted octanol–water partition coefficient (Wildman–Crippen LogP) is 2.16. The number of hydrogen-bond donors (Lipinski definition) is 0. The third-order valence-corrected chi connectivity index (χ3v) is 2.34. The molecule has 0 bridgehead atoms. The van der Waals surface area contributed by atoms with Crippen molar-refractivity contribution in [3.8, 4) is 6.07 Å². The minimum Gasteiger partial charge on any atom is -0.379 e. The largest absolute Gasteiger partial charge is 0.379 e. The molecule has 0 fully saturated rings. The summed E-state index contributed by atoms with van der Waals surface area (Å²) in [6.07, 6.45) is 3.61. The standard InChI is InChI=1S/C14H27NO4/c1-2-3-7-16-9-11-18-13-14-19-12-10-17-8-5-4-6-15/h2-5,7-14H2,1H3. The summed E-state index contributed by atoms with van der Waals surface area (Å²) >= 11 is 0. The quantitative estimate of drug-likeness (QED) is 0.428. The van der Waals surface area contributed by atoms with E-state index in [1.54, 1.807) is 0 Å². The molecule has 0 spiro atoms. The van der Waals surface area contributed by atoms with Crippen LogP contribution in [-0.4, -0.2) is 52.9 Å². The summed E-state index contributed by atoms with van der Waals surface area (Å²) in [6, 6.07) is 2.08. The van der Waals surface area contributed by atoms with Gasteiger partial charge in [-0.2, -0.15) is 5.26 Å². The maximum atomic E-state index is 8.32. The van der Waals surface area contributed by atoms with Gasteiger partial charge in [0.2, 0.25) is 0 Å².